The van der Waals surface area contributed by atoms with E-state index in [0.29, 0.717) is 0 Å². The fourth-order valence-electron chi connectivity index (χ4n) is 2.33. The first-order chi connectivity index (χ1) is 8.85. The summed E-state index contributed by atoms with van der Waals surface area (Å²) in [4.78, 5) is 2.56. The third-order valence-electron chi connectivity index (χ3n) is 3.55. The second kappa shape index (κ2) is 6.76. The van der Waals surface area contributed by atoms with E-state index >= 15 is 0 Å². The standard InChI is InChI=1S/C15H24N2O/c1-3-17(14-8-9-14)11-10-16-12-13-6-4-5-7-15(13)18-2/h4-7,14,16H,3,8-12H2,1-2H3. The largest absolute Gasteiger partial charge is 0.496 e. The van der Waals surface area contributed by atoms with Crippen LogP contribution in [0, 0.1) is 0 Å². The molecule has 1 saturated carbocycles. The number of rotatable bonds is 8. The average molecular weight is 248 g/mol. The lowest BCUT2D eigenvalue weighted by Crippen LogP contribution is -2.33. The van der Waals surface area contributed by atoms with Gasteiger partial charge in [0.05, 0.1) is 7.11 Å². The van der Waals surface area contributed by atoms with Gasteiger partial charge in [-0.2, -0.15) is 0 Å². The maximum absolute atomic E-state index is 5.34. The number of ether oxygens (including phenoxy) is 1. The Bertz CT molecular complexity index is 363. The molecule has 18 heavy (non-hydrogen) atoms. The minimum atomic E-state index is 0.864. The van der Waals surface area contributed by atoms with Crippen LogP contribution in [-0.2, 0) is 6.54 Å². The summed E-state index contributed by atoms with van der Waals surface area (Å²) in [5, 5.41) is 3.50. The van der Waals surface area contributed by atoms with E-state index in [0.717, 1.165) is 31.4 Å². The zero-order valence-electron chi connectivity index (χ0n) is 11.5. The molecule has 3 heteroatoms. The van der Waals surface area contributed by atoms with E-state index in [9.17, 15) is 0 Å². The highest BCUT2D eigenvalue weighted by Crippen LogP contribution is 2.25. The van der Waals surface area contributed by atoms with Crippen LogP contribution in [0.2, 0.25) is 0 Å². The van der Waals surface area contributed by atoms with Gasteiger partial charge in [0, 0.05) is 31.2 Å². The molecule has 100 valence electrons. The van der Waals surface area contributed by atoms with E-state index in [4.69, 9.17) is 4.74 Å². The van der Waals surface area contributed by atoms with Crippen LogP contribution in [0.3, 0.4) is 0 Å². The Morgan fingerprint density at radius 1 is 1.33 bits per heavy atom. The van der Waals surface area contributed by atoms with Gasteiger partial charge in [-0.05, 0) is 25.5 Å². The average Bonchev–Trinajstić information content (AvgIpc) is 3.24. The van der Waals surface area contributed by atoms with E-state index in [2.05, 4.69) is 29.3 Å². The minimum Gasteiger partial charge on any atom is -0.496 e. The second-order valence-electron chi connectivity index (χ2n) is 4.85. The van der Waals surface area contributed by atoms with Gasteiger partial charge in [0.15, 0.2) is 0 Å². The molecule has 0 aliphatic heterocycles. The Kier molecular flexibility index (Phi) is 5.02. The fraction of sp³-hybridized carbons (Fsp3) is 0.600. The summed E-state index contributed by atoms with van der Waals surface area (Å²) in [6.07, 6.45) is 2.78. The van der Waals surface area contributed by atoms with Gasteiger partial charge in [0.1, 0.15) is 5.75 Å². The van der Waals surface area contributed by atoms with Crippen LogP contribution < -0.4 is 10.1 Å². The quantitative estimate of drug-likeness (QED) is 0.714. The van der Waals surface area contributed by atoms with Gasteiger partial charge in [-0.15, -0.1) is 0 Å². The van der Waals surface area contributed by atoms with E-state index in [1.165, 1.54) is 24.9 Å². The lowest BCUT2D eigenvalue weighted by molar-refractivity contribution is 0.276. The molecule has 0 atom stereocenters. The normalized spacial score (nSPS) is 15.1. The monoisotopic (exact) mass is 248 g/mol. The lowest BCUT2D eigenvalue weighted by atomic mass is 10.2. The van der Waals surface area contributed by atoms with Crippen LogP contribution in [0.25, 0.3) is 0 Å². The van der Waals surface area contributed by atoms with Crippen molar-refractivity contribution in [3.05, 3.63) is 29.8 Å². The number of para-hydroxylation sites is 1. The Balaban J connectivity index is 1.71. The maximum Gasteiger partial charge on any atom is 0.123 e. The molecule has 1 aromatic rings. The predicted octanol–water partition coefficient (Wildman–Crippen LogP) is 2.27. The van der Waals surface area contributed by atoms with Crippen molar-refractivity contribution in [2.24, 2.45) is 0 Å². The van der Waals surface area contributed by atoms with Gasteiger partial charge in [-0.3, -0.25) is 4.90 Å². The third kappa shape index (κ3) is 3.72. The lowest BCUT2D eigenvalue weighted by Gasteiger charge is -2.20. The molecule has 0 amide bonds. The van der Waals surface area contributed by atoms with Crippen LogP contribution in [0.1, 0.15) is 25.3 Å². The summed E-state index contributed by atoms with van der Waals surface area (Å²) in [6, 6.07) is 9.06. The molecule has 0 heterocycles. The highest BCUT2D eigenvalue weighted by molar-refractivity contribution is 5.32. The topological polar surface area (TPSA) is 24.5 Å². The summed E-state index contributed by atoms with van der Waals surface area (Å²) >= 11 is 0. The summed E-state index contributed by atoms with van der Waals surface area (Å²) in [5.74, 6) is 0.972. The van der Waals surface area contributed by atoms with Crippen molar-refractivity contribution in [2.45, 2.75) is 32.4 Å². The molecule has 2 rings (SSSR count). The number of benzene rings is 1. The van der Waals surface area contributed by atoms with Gasteiger partial charge in [-0.25, -0.2) is 0 Å². The first-order valence-corrected chi connectivity index (χ1v) is 6.91. The van der Waals surface area contributed by atoms with Crippen molar-refractivity contribution in [3.8, 4) is 5.75 Å². The van der Waals surface area contributed by atoms with E-state index in [-0.39, 0.29) is 0 Å². The SMILES string of the molecule is CCN(CCNCc1ccccc1OC)C1CC1. The molecule has 0 unspecified atom stereocenters. The first-order valence-electron chi connectivity index (χ1n) is 6.91. The number of likely N-dealkylation sites (N-methyl/N-ethyl adjacent to an activating group) is 1. The van der Waals surface area contributed by atoms with Crippen molar-refractivity contribution in [3.63, 3.8) is 0 Å². The van der Waals surface area contributed by atoms with Crippen LogP contribution in [0.15, 0.2) is 24.3 Å². The predicted molar refractivity (Wildman–Crippen MR) is 75.0 cm³/mol. The molecular formula is C15H24N2O. The van der Waals surface area contributed by atoms with Gasteiger partial charge >= 0.3 is 0 Å². The minimum absolute atomic E-state index is 0.864. The highest BCUT2D eigenvalue weighted by atomic mass is 16.5. The molecule has 1 aliphatic carbocycles. The molecule has 3 nitrogen and oxygen atoms in total. The number of nitrogens with zero attached hydrogens (tertiary/aromatic N) is 1. The Morgan fingerprint density at radius 2 is 2.11 bits per heavy atom. The van der Waals surface area contributed by atoms with Crippen LogP contribution in [0.5, 0.6) is 5.75 Å². The fourth-order valence-corrected chi connectivity index (χ4v) is 2.33. The Labute approximate surface area is 110 Å². The number of hydrogen-bond donors (Lipinski definition) is 1. The molecular weight excluding hydrogens is 224 g/mol. The van der Waals surface area contributed by atoms with Gasteiger partial charge < -0.3 is 10.1 Å². The van der Waals surface area contributed by atoms with Crippen LogP contribution >= 0.6 is 0 Å². The number of hydrogen-bond acceptors (Lipinski definition) is 3. The molecule has 0 saturated heterocycles. The summed E-state index contributed by atoms with van der Waals surface area (Å²) in [5.41, 5.74) is 1.23. The summed E-state index contributed by atoms with van der Waals surface area (Å²) < 4.78 is 5.34. The highest BCUT2D eigenvalue weighted by Gasteiger charge is 2.26. The Morgan fingerprint density at radius 3 is 2.78 bits per heavy atom. The summed E-state index contributed by atoms with van der Waals surface area (Å²) in [7, 11) is 1.73. The van der Waals surface area contributed by atoms with Crippen molar-refractivity contribution in [1.29, 1.82) is 0 Å². The van der Waals surface area contributed by atoms with Crippen molar-refractivity contribution < 1.29 is 4.74 Å². The van der Waals surface area contributed by atoms with E-state index in [1.807, 2.05) is 12.1 Å². The first kappa shape index (κ1) is 13.4. The molecule has 1 aliphatic rings. The van der Waals surface area contributed by atoms with E-state index in [1.54, 1.807) is 7.11 Å². The molecule has 0 spiro atoms. The Hall–Kier alpha value is -1.06. The zero-order chi connectivity index (χ0) is 12.8. The molecule has 1 aromatic carbocycles. The molecule has 1 N–H and O–H groups in total. The third-order valence-corrected chi connectivity index (χ3v) is 3.55. The van der Waals surface area contributed by atoms with Gasteiger partial charge in [0.25, 0.3) is 0 Å². The number of methoxy groups -OCH3 is 1. The molecule has 1 fully saturated rings. The smallest absolute Gasteiger partial charge is 0.123 e. The van der Waals surface area contributed by atoms with Crippen LogP contribution in [0.4, 0.5) is 0 Å². The number of nitrogens with one attached hydrogen (secondary N) is 1. The van der Waals surface area contributed by atoms with Crippen molar-refractivity contribution >= 4 is 0 Å². The second-order valence-corrected chi connectivity index (χ2v) is 4.85. The van der Waals surface area contributed by atoms with Crippen molar-refractivity contribution in [1.82, 2.24) is 10.2 Å². The van der Waals surface area contributed by atoms with Crippen LogP contribution in [-0.4, -0.2) is 37.7 Å². The zero-order valence-corrected chi connectivity index (χ0v) is 11.5. The molecule has 0 aromatic heterocycles. The summed E-state index contributed by atoms with van der Waals surface area (Å²) in [6.45, 7) is 6.49. The van der Waals surface area contributed by atoms with Crippen molar-refractivity contribution in [2.75, 3.05) is 26.7 Å². The van der Waals surface area contributed by atoms with Gasteiger partial charge in [-0.1, -0.05) is 25.1 Å². The maximum atomic E-state index is 5.34. The molecule has 0 radical (unpaired) electrons. The molecule has 0 bridgehead atoms. The van der Waals surface area contributed by atoms with Gasteiger partial charge in [0.2, 0.25) is 0 Å². The van der Waals surface area contributed by atoms with E-state index < -0.39 is 0 Å².